The standard InChI is InChI=1S/C20H20N2O2S.C4H8/c1-4-7-14(2)10-11-15-12-18(25-19(15)20(23)24-3)22-13-21-16-8-5-6-9-17(16)22;1-3-4-2/h4-9,12-13H,2,10-11H2,1,3H3;3H,1,4H2,2H3/b7-4-;. The molecule has 0 aliphatic rings. The fraction of sp³-hybridized carbons (Fsp3) is 0.250. The van der Waals surface area contributed by atoms with E-state index in [0.717, 1.165) is 46.4 Å². The molecular weight excluding hydrogens is 380 g/mol. The maximum atomic E-state index is 12.2. The fourth-order valence-electron chi connectivity index (χ4n) is 2.73. The van der Waals surface area contributed by atoms with Crippen molar-refractivity contribution >= 4 is 28.3 Å². The van der Waals surface area contributed by atoms with Gasteiger partial charge in [0, 0.05) is 0 Å². The highest BCUT2D eigenvalue weighted by molar-refractivity contribution is 7.16. The van der Waals surface area contributed by atoms with Crippen LogP contribution in [0.1, 0.15) is 41.9 Å². The van der Waals surface area contributed by atoms with E-state index in [9.17, 15) is 4.79 Å². The Labute approximate surface area is 176 Å². The summed E-state index contributed by atoms with van der Waals surface area (Å²) in [7, 11) is 1.41. The Balaban J connectivity index is 0.000000687. The maximum absolute atomic E-state index is 12.2. The van der Waals surface area contributed by atoms with Crippen LogP contribution in [-0.4, -0.2) is 22.6 Å². The lowest BCUT2D eigenvalue weighted by Gasteiger charge is -2.02. The average Bonchev–Trinajstić information content (AvgIpc) is 3.36. The Kier molecular flexibility index (Phi) is 8.62. The molecule has 1 aromatic carbocycles. The summed E-state index contributed by atoms with van der Waals surface area (Å²) in [6.07, 6.45) is 10.3. The first-order valence-corrected chi connectivity index (χ1v) is 10.4. The van der Waals surface area contributed by atoms with Crippen molar-refractivity contribution in [1.29, 1.82) is 0 Å². The van der Waals surface area contributed by atoms with Crippen molar-refractivity contribution in [3.8, 4) is 5.00 Å². The van der Waals surface area contributed by atoms with Crippen molar-refractivity contribution in [1.82, 2.24) is 9.55 Å². The van der Waals surface area contributed by atoms with Crippen LogP contribution in [-0.2, 0) is 11.2 Å². The van der Waals surface area contributed by atoms with Crippen molar-refractivity contribution in [3.05, 3.63) is 84.1 Å². The summed E-state index contributed by atoms with van der Waals surface area (Å²) in [5.41, 5.74) is 3.97. The number of rotatable bonds is 7. The smallest absolute Gasteiger partial charge is 0.348 e. The van der Waals surface area contributed by atoms with Gasteiger partial charge in [-0.25, -0.2) is 9.78 Å². The van der Waals surface area contributed by atoms with Gasteiger partial charge in [-0.15, -0.1) is 17.9 Å². The largest absolute Gasteiger partial charge is 0.465 e. The van der Waals surface area contributed by atoms with Crippen LogP contribution in [0.4, 0.5) is 0 Å². The van der Waals surface area contributed by atoms with E-state index in [1.165, 1.54) is 18.4 Å². The molecule has 0 aliphatic carbocycles. The molecule has 0 unspecified atom stereocenters. The molecule has 29 heavy (non-hydrogen) atoms. The predicted molar refractivity (Wildman–Crippen MR) is 123 cm³/mol. The van der Waals surface area contributed by atoms with Gasteiger partial charge in [0.15, 0.2) is 0 Å². The van der Waals surface area contributed by atoms with E-state index in [2.05, 4.69) is 25.1 Å². The van der Waals surface area contributed by atoms with Gasteiger partial charge in [0.05, 0.1) is 18.1 Å². The number of thiophene rings is 1. The molecule has 0 spiro atoms. The lowest BCUT2D eigenvalue weighted by molar-refractivity contribution is 0.0605. The molecule has 3 aromatic rings. The molecule has 0 saturated carbocycles. The van der Waals surface area contributed by atoms with Crippen molar-refractivity contribution in [2.75, 3.05) is 7.11 Å². The monoisotopic (exact) mass is 408 g/mol. The molecule has 0 N–H and O–H groups in total. The van der Waals surface area contributed by atoms with Crippen LogP contribution in [0.3, 0.4) is 0 Å². The molecule has 0 radical (unpaired) electrons. The Morgan fingerprint density at radius 2 is 2.07 bits per heavy atom. The number of ether oxygens (including phenoxy) is 1. The van der Waals surface area contributed by atoms with E-state index in [0.29, 0.717) is 4.88 Å². The average molecular weight is 409 g/mol. The Morgan fingerprint density at radius 3 is 2.72 bits per heavy atom. The van der Waals surface area contributed by atoms with E-state index in [4.69, 9.17) is 4.74 Å². The van der Waals surface area contributed by atoms with Crippen LogP contribution >= 0.6 is 11.3 Å². The molecule has 0 amide bonds. The van der Waals surface area contributed by atoms with Crippen LogP contribution in [0, 0.1) is 0 Å². The van der Waals surface area contributed by atoms with Gasteiger partial charge in [0.25, 0.3) is 0 Å². The third-order valence-corrected chi connectivity index (χ3v) is 5.42. The molecule has 0 fully saturated rings. The zero-order valence-corrected chi connectivity index (χ0v) is 18.2. The Hall–Kier alpha value is -2.92. The zero-order valence-electron chi connectivity index (χ0n) is 17.4. The number of carbonyl (C=O) groups is 1. The molecule has 0 bridgehead atoms. The summed E-state index contributed by atoms with van der Waals surface area (Å²) in [5.74, 6) is -0.299. The zero-order chi connectivity index (χ0) is 21.2. The van der Waals surface area contributed by atoms with Gasteiger partial charge < -0.3 is 4.74 Å². The second kappa shape index (κ2) is 11.2. The highest BCUT2D eigenvalue weighted by atomic mass is 32.1. The quantitative estimate of drug-likeness (QED) is 0.254. The van der Waals surface area contributed by atoms with Crippen LogP contribution in [0.5, 0.6) is 0 Å². The second-order valence-corrected chi connectivity index (χ2v) is 7.42. The number of hydrogen-bond donors (Lipinski definition) is 0. The van der Waals surface area contributed by atoms with Crippen molar-refractivity contribution in [2.45, 2.75) is 33.1 Å². The van der Waals surface area contributed by atoms with Crippen molar-refractivity contribution in [2.24, 2.45) is 0 Å². The molecule has 0 atom stereocenters. The maximum Gasteiger partial charge on any atom is 0.348 e. The number of allylic oxidation sites excluding steroid dienone is 4. The second-order valence-electron chi connectivity index (χ2n) is 6.39. The van der Waals surface area contributed by atoms with E-state index in [-0.39, 0.29) is 5.97 Å². The molecule has 0 saturated heterocycles. The van der Waals surface area contributed by atoms with Crippen molar-refractivity contribution in [3.63, 3.8) is 0 Å². The lowest BCUT2D eigenvalue weighted by atomic mass is 10.1. The summed E-state index contributed by atoms with van der Waals surface area (Å²) >= 11 is 1.43. The number of aryl methyl sites for hydroxylation is 1. The van der Waals surface area contributed by atoms with Gasteiger partial charge in [-0.2, -0.15) is 0 Å². The minimum absolute atomic E-state index is 0.299. The fourth-order valence-corrected chi connectivity index (χ4v) is 3.85. The molecule has 2 aromatic heterocycles. The van der Waals surface area contributed by atoms with Gasteiger partial charge in [-0.1, -0.05) is 49.4 Å². The normalized spacial score (nSPS) is 10.6. The first-order valence-electron chi connectivity index (χ1n) is 9.60. The molecule has 152 valence electrons. The summed E-state index contributed by atoms with van der Waals surface area (Å²) in [6.45, 7) is 11.5. The Morgan fingerprint density at radius 1 is 1.34 bits per heavy atom. The number of fused-ring (bicyclic) bond motifs is 1. The number of imidazole rings is 1. The van der Waals surface area contributed by atoms with E-state index < -0.39 is 0 Å². The third kappa shape index (κ3) is 5.78. The minimum Gasteiger partial charge on any atom is -0.465 e. The number of carbonyl (C=O) groups excluding carboxylic acids is 1. The summed E-state index contributed by atoms with van der Waals surface area (Å²) in [4.78, 5) is 17.2. The number of nitrogens with zero attached hydrogens (tertiary/aromatic N) is 2. The number of aromatic nitrogens is 2. The number of para-hydroxylation sites is 2. The van der Waals surface area contributed by atoms with Crippen LogP contribution < -0.4 is 0 Å². The molecular formula is C24H28N2O2S. The molecule has 3 rings (SSSR count). The molecule has 2 heterocycles. The predicted octanol–water partition coefficient (Wildman–Crippen LogP) is 6.52. The number of hydrogen-bond acceptors (Lipinski definition) is 4. The first-order chi connectivity index (χ1) is 14.0. The van der Waals surface area contributed by atoms with Gasteiger partial charge in [-0.05, 0) is 49.9 Å². The minimum atomic E-state index is -0.299. The van der Waals surface area contributed by atoms with Crippen LogP contribution in [0.15, 0.2) is 73.6 Å². The van der Waals surface area contributed by atoms with E-state index in [1.807, 2.05) is 60.1 Å². The molecule has 4 nitrogen and oxygen atoms in total. The summed E-state index contributed by atoms with van der Waals surface area (Å²) < 4.78 is 6.97. The summed E-state index contributed by atoms with van der Waals surface area (Å²) in [5, 5.41) is 0.959. The SMILES string of the molecule is C=C(/C=C\C)CCc1cc(-n2cnc3ccccc32)sc1C(=O)OC.C=CCC. The van der Waals surface area contributed by atoms with Gasteiger partial charge in [0.2, 0.25) is 0 Å². The molecule has 0 aliphatic heterocycles. The first kappa shape index (κ1) is 22.4. The van der Waals surface area contributed by atoms with Crippen LogP contribution in [0.2, 0.25) is 0 Å². The highest BCUT2D eigenvalue weighted by Crippen LogP contribution is 2.30. The van der Waals surface area contributed by atoms with Gasteiger partial charge in [0.1, 0.15) is 16.2 Å². The molecule has 5 heteroatoms. The van der Waals surface area contributed by atoms with Crippen molar-refractivity contribution < 1.29 is 9.53 Å². The van der Waals surface area contributed by atoms with Crippen LogP contribution in [0.25, 0.3) is 16.0 Å². The lowest BCUT2D eigenvalue weighted by Crippen LogP contribution is -2.02. The third-order valence-electron chi connectivity index (χ3n) is 4.26. The topological polar surface area (TPSA) is 44.1 Å². The Bertz CT molecular complexity index is 1010. The number of benzene rings is 1. The van der Waals surface area contributed by atoms with E-state index in [1.54, 1.807) is 6.33 Å². The summed E-state index contributed by atoms with van der Waals surface area (Å²) in [6, 6.07) is 9.99. The highest BCUT2D eigenvalue weighted by Gasteiger charge is 2.18. The van der Waals surface area contributed by atoms with Gasteiger partial charge in [-0.3, -0.25) is 4.57 Å². The number of esters is 1. The van der Waals surface area contributed by atoms with E-state index >= 15 is 0 Å². The van der Waals surface area contributed by atoms with Gasteiger partial charge >= 0.3 is 5.97 Å². The number of methoxy groups -OCH3 is 1.